The van der Waals surface area contributed by atoms with Crippen LogP contribution >= 0.6 is 11.6 Å². The fraction of sp³-hybridized carbons (Fsp3) is 0.440. The number of aryl methyl sites for hydroxylation is 1. The zero-order valence-electron chi connectivity index (χ0n) is 20.2. The molecule has 3 aliphatic carbocycles. The summed E-state index contributed by atoms with van der Waals surface area (Å²) in [6.45, 7) is 6.25. The second-order valence-electron chi connectivity index (χ2n) is 10.5. The van der Waals surface area contributed by atoms with Gasteiger partial charge in [0.25, 0.3) is 15.9 Å². The van der Waals surface area contributed by atoms with Crippen LogP contribution in [0.3, 0.4) is 0 Å². The molecule has 0 radical (unpaired) electrons. The van der Waals surface area contributed by atoms with Crippen molar-refractivity contribution in [2.75, 3.05) is 5.32 Å². The Morgan fingerprint density at radius 3 is 2.44 bits per heavy atom. The van der Waals surface area contributed by atoms with Crippen LogP contribution in [0.2, 0.25) is 5.15 Å². The Balaban J connectivity index is 1.60. The van der Waals surface area contributed by atoms with Crippen molar-refractivity contribution in [1.29, 1.82) is 0 Å². The first kappa shape index (κ1) is 25.1. The molecule has 2 heterocycles. The first-order valence-electron chi connectivity index (χ1n) is 11.5. The molecule has 3 N–H and O–H groups in total. The molecular weight excluding hydrogens is 512 g/mol. The van der Waals surface area contributed by atoms with Gasteiger partial charge >= 0.3 is 0 Å². The highest BCUT2D eigenvalue weighted by Gasteiger charge is 2.77. The molecular formula is C25H26ClF2N3O4S. The molecule has 2 bridgehead atoms. The summed E-state index contributed by atoms with van der Waals surface area (Å²) in [4.78, 5) is 17.2. The van der Waals surface area contributed by atoms with Crippen molar-refractivity contribution < 1.29 is 21.6 Å². The molecule has 0 spiro atoms. The summed E-state index contributed by atoms with van der Waals surface area (Å²) in [5.41, 5.74) is 0.551. The number of hydrogen-bond acceptors (Lipinski definition) is 6. The van der Waals surface area contributed by atoms with E-state index in [1.165, 1.54) is 12.1 Å². The third-order valence-electron chi connectivity index (χ3n) is 7.77. The lowest BCUT2D eigenvalue weighted by Crippen LogP contribution is -2.71. The summed E-state index contributed by atoms with van der Waals surface area (Å²) < 4.78 is 58.7. The lowest BCUT2D eigenvalue weighted by Gasteiger charge is -2.71. The number of sulfonamides is 1. The van der Waals surface area contributed by atoms with Gasteiger partial charge in [0.2, 0.25) is 0 Å². The number of nitrogens with zero attached hydrogens (tertiary/aromatic N) is 1. The number of hydrogen-bond donors (Lipinski definition) is 2. The number of halogens is 3. The molecule has 3 aliphatic rings. The second kappa shape index (κ2) is 7.72. The van der Waals surface area contributed by atoms with Gasteiger partial charge < -0.3 is 9.73 Å². The van der Waals surface area contributed by atoms with Crippen LogP contribution in [0.5, 0.6) is 0 Å². The average molecular weight is 538 g/mol. The molecule has 7 nitrogen and oxygen atoms in total. The molecule has 11 heteroatoms. The Hall–Kier alpha value is -2.56. The largest absolute Gasteiger partial charge is 0.460 e. The number of nitrogens with two attached hydrogens (primary N) is 1. The number of anilines is 1. The minimum atomic E-state index is -4.17. The van der Waals surface area contributed by atoms with E-state index in [1.807, 2.05) is 13.0 Å². The molecule has 3 fully saturated rings. The van der Waals surface area contributed by atoms with Crippen LogP contribution in [0.1, 0.15) is 61.6 Å². The smallest absolute Gasteiger partial charge is 0.257 e. The zero-order chi connectivity index (χ0) is 26.4. The van der Waals surface area contributed by atoms with Crippen LogP contribution in [-0.4, -0.2) is 19.3 Å². The Bertz CT molecular complexity index is 1580. The van der Waals surface area contributed by atoms with Gasteiger partial charge in [-0.1, -0.05) is 17.7 Å². The number of rotatable bonds is 6. The molecule has 36 heavy (non-hydrogen) atoms. The third kappa shape index (κ3) is 3.64. The van der Waals surface area contributed by atoms with Crippen molar-refractivity contribution in [3.05, 3.63) is 62.1 Å². The van der Waals surface area contributed by atoms with E-state index < -0.39 is 37.8 Å². The predicted octanol–water partition coefficient (Wildman–Crippen LogP) is 5.36. The standard InChI is InChI=1S/C25H26ClF2N3O4S/c1-12-7-15(14(3)30-17-5-6-18(26)31-22(17)36(29,33)34)20-16(8-12)19(32)13(2)21(35-20)24-9-25(10-24,11-24)23(4,27)28/h5-8,14,30H,9-11H2,1-4H3,(H2,29,33,34)/t14-,24?,25?/m1/s1. The maximum atomic E-state index is 14.1. The fourth-order valence-corrected chi connectivity index (χ4v) is 6.80. The molecule has 0 amide bonds. The third-order valence-corrected chi connectivity index (χ3v) is 8.83. The molecule has 0 saturated heterocycles. The van der Waals surface area contributed by atoms with Crippen LogP contribution in [0.15, 0.2) is 38.5 Å². The summed E-state index contributed by atoms with van der Waals surface area (Å²) in [7, 11) is -4.17. The first-order chi connectivity index (χ1) is 16.6. The fourth-order valence-electron chi connectivity index (χ4n) is 5.95. The van der Waals surface area contributed by atoms with Gasteiger partial charge in [-0.15, -0.1) is 0 Å². The highest BCUT2D eigenvalue weighted by atomic mass is 35.5. The molecule has 3 aromatic rings. The molecule has 3 saturated carbocycles. The van der Waals surface area contributed by atoms with Gasteiger partial charge in [-0.05, 0) is 70.7 Å². The van der Waals surface area contributed by atoms with Crippen LogP contribution in [0, 0.1) is 19.3 Å². The normalized spacial score (nSPS) is 24.2. The number of pyridine rings is 1. The number of nitrogens with one attached hydrogen (secondary N) is 1. The van der Waals surface area contributed by atoms with E-state index in [-0.39, 0.29) is 35.5 Å². The van der Waals surface area contributed by atoms with Gasteiger partial charge in [0.1, 0.15) is 16.5 Å². The topological polar surface area (TPSA) is 115 Å². The number of alkyl halides is 2. The van der Waals surface area contributed by atoms with E-state index in [0.717, 1.165) is 12.5 Å². The maximum Gasteiger partial charge on any atom is 0.257 e. The molecule has 1 atom stereocenters. The Morgan fingerprint density at radius 1 is 1.22 bits per heavy atom. The molecule has 6 rings (SSSR count). The SMILES string of the molecule is Cc1cc([C@@H](C)Nc2ccc(Cl)nc2S(N)(=O)=O)c2oc(C34CC(C(C)(F)F)(C3)C4)c(C)c(=O)c2c1. The summed E-state index contributed by atoms with van der Waals surface area (Å²) in [5, 5.41) is 8.36. The van der Waals surface area contributed by atoms with Gasteiger partial charge in [-0.3, -0.25) is 4.79 Å². The molecule has 0 aliphatic heterocycles. The molecule has 192 valence electrons. The van der Waals surface area contributed by atoms with Crippen LogP contribution in [0.4, 0.5) is 14.5 Å². The Labute approximate surface area is 212 Å². The summed E-state index contributed by atoms with van der Waals surface area (Å²) in [5.74, 6) is -2.32. The summed E-state index contributed by atoms with van der Waals surface area (Å²) >= 11 is 5.87. The molecule has 0 unspecified atom stereocenters. The Morgan fingerprint density at radius 2 is 1.86 bits per heavy atom. The van der Waals surface area contributed by atoms with Crippen LogP contribution in [-0.2, 0) is 15.4 Å². The van der Waals surface area contributed by atoms with Crippen molar-refractivity contribution >= 4 is 38.3 Å². The van der Waals surface area contributed by atoms with Crippen LogP contribution in [0.25, 0.3) is 11.0 Å². The van der Waals surface area contributed by atoms with E-state index in [0.29, 0.717) is 27.9 Å². The van der Waals surface area contributed by atoms with E-state index in [9.17, 15) is 22.0 Å². The molecule has 1 aromatic carbocycles. The lowest BCUT2D eigenvalue weighted by molar-refractivity contribution is -0.277. The average Bonchev–Trinajstić information content (AvgIpc) is 2.69. The lowest BCUT2D eigenvalue weighted by atomic mass is 9.32. The van der Waals surface area contributed by atoms with Crippen molar-refractivity contribution in [2.24, 2.45) is 10.6 Å². The first-order valence-corrected chi connectivity index (χ1v) is 13.4. The number of benzene rings is 1. The van der Waals surface area contributed by atoms with Crippen molar-refractivity contribution in [3.63, 3.8) is 0 Å². The van der Waals surface area contributed by atoms with Crippen molar-refractivity contribution in [1.82, 2.24) is 4.98 Å². The van der Waals surface area contributed by atoms with Gasteiger partial charge in [0.15, 0.2) is 10.5 Å². The molecule has 2 aromatic heterocycles. The minimum absolute atomic E-state index is 0.0293. The van der Waals surface area contributed by atoms with E-state index in [4.69, 9.17) is 21.2 Å². The van der Waals surface area contributed by atoms with Gasteiger partial charge in [0.05, 0.1) is 17.1 Å². The summed E-state index contributed by atoms with van der Waals surface area (Å²) in [6, 6.07) is 5.93. The minimum Gasteiger partial charge on any atom is -0.460 e. The predicted molar refractivity (Wildman–Crippen MR) is 133 cm³/mol. The van der Waals surface area contributed by atoms with E-state index in [2.05, 4.69) is 10.3 Å². The number of aromatic nitrogens is 1. The number of primary sulfonamides is 1. The quantitative estimate of drug-likeness (QED) is 0.409. The zero-order valence-corrected chi connectivity index (χ0v) is 21.8. The van der Waals surface area contributed by atoms with Gasteiger partial charge in [-0.25, -0.2) is 27.3 Å². The van der Waals surface area contributed by atoms with E-state index in [1.54, 1.807) is 19.9 Å². The summed E-state index contributed by atoms with van der Waals surface area (Å²) in [6.07, 6.45) is 0.839. The maximum absolute atomic E-state index is 14.1. The Kier molecular flexibility index (Phi) is 5.39. The van der Waals surface area contributed by atoms with Crippen molar-refractivity contribution in [2.45, 2.75) is 69.4 Å². The van der Waals surface area contributed by atoms with E-state index >= 15 is 0 Å². The highest BCUT2D eigenvalue weighted by molar-refractivity contribution is 7.89. The van der Waals surface area contributed by atoms with Gasteiger partial charge in [-0.2, -0.15) is 0 Å². The van der Waals surface area contributed by atoms with Crippen LogP contribution < -0.4 is 15.9 Å². The second-order valence-corrected chi connectivity index (χ2v) is 12.4. The number of fused-ring (bicyclic) bond motifs is 1. The van der Waals surface area contributed by atoms with Crippen molar-refractivity contribution in [3.8, 4) is 0 Å². The monoisotopic (exact) mass is 537 g/mol. The van der Waals surface area contributed by atoms with Gasteiger partial charge in [0, 0.05) is 22.0 Å². The highest BCUT2D eigenvalue weighted by Crippen LogP contribution is 2.78.